The normalized spacial score (nSPS) is 48.7. The SMILES string of the molecule is C/C=C(/C)C(=O)OC1C(C)OC(OC2C(OC(C)=O)C3(C(=O)O)CCC4(C)C(=CCC5C6(C)CCC(OC7OC(CO)C(O)C(O)C7OC7OCC(O)C(O)C7OC7OC(CO)C(O)C(O)C7O)C(C)(CO)C6CCC54C)C3CC2(C)C)C(O)C1OC(=O)/C(C)=C\C. The van der Waals surface area contributed by atoms with Crippen LogP contribution in [0.4, 0.5) is 0 Å². The van der Waals surface area contributed by atoms with Crippen LogP contribution >= 0.6 is 0 Å². The first-order chi connectivity index (χ1) is 43.1. The molecule has 9 aliphatic rings. The van der Waals surface area contributed by atoms with E-state index in [2.05, 4.69) is 26.8 Å². The van der Waals surface area contributed by atoms with Crippen LogP contribution in [-0.4, -0.2) is 247 Å². The van der Waals surface area contributed by atoms with E-state index in [0.717, 1.165) is 5.57 Å². The van der Waals surface area contributed by atoms with Gasteiger partial charge in [0.1, 0.15) is 90.9 Å². The Balaban J connectivity index is 0.987. The number of fused-ring (bicyclic) bond motifs is 7. The van der Waals surface area contributed by atoms with Crippen molar-refractivity contribution in [3.05, 3.63) is 34.9 Å². The molecule has 4 heterocycles. The number of carbonyl (C=O) groups excluding carboxylic acids is 3. The fourth-order valence-corrected chi connectivity index (χ4v) is 17.8. The number of aliphatic hydroxyl groups excluding tert-OH is 11. The summed E-state index contributed by atoms with van der Waals surface area (Å²) in [6.45, 7) is 19.0. The van der Waals surface area contributed by atoms with Gasteiger partial charge in [-0.05, 0) is 119 Å². The van der Waals surface area contributed by atoms with Crippen molar-refractivity contribution in [2.24, 2.45) is 50.2 Å². The molecular weight excluding hydrogens is 1210 g/mol. The summed E-state index contributed by atoms with van der Waals surface area (Å²) in [7, 11) is 0. The summed E-state index contributed by atoms with van der Waals surface area (Å²) in [5.41, 5.74) is -4.05. The van der Waals surface area contributed by atoms with Gasteiger partial charge in [0.15, 0.2) is 37.4 Å². The van der Waals surface area contributed by atoms with Crippen LogP contribution in [0.5, 0.6) is 0 Å². The summed E-state index contributed by atoms with van der Waals surface area (Å²) >= 11 is 0. The minimum Gasteiger partial charge on any atom is -0.481 e. The van der Waals surface area contributed by atoms with E-state index in [9.17, 15) is 80.5 Å². The monoisotopic (exact) mass is 1310 g/mol. The number of hydrogen-bond donors (Lipinski definition) is 12. The van der Waals surface area contributed by atoms with Crippen LogP contribution in [0.3, 0.4) is 0 Å². The number of carboxylic acid groups (broad SMARTS) is 1. The molecule has 0 aromatic carbocycles. The lowest BCUT2D eigenvalue weighted by Gasteiger charge is -2.72. The highest BCUT2D eigenvalue weighted by molar-refractivity contribution is 5.88. The smallest absolute Gasteiger partial charge is 0.333 e. The van der Waals surface area contributed by atoms with Crippen molar-refractivity contribution in [1.29, 1.82) is 0 Å². The first-order valence-electron chi connectivity index (χ1n) is 32.4. The fraction of sp³-hybridized carbons (Fsp3) is 0.846. The van der Waals surface area contributed by atoms with Gasteiger partial charge in [-0.1, -0.05) is 65.3 Å². The van der Waals surface area contributed by atoms with Crippen molar-refractivity contribution in [2.45, 2.75) is 269 Å². The van der Waals surface area contributed by atoms with Crippen molar-refractivity contribution < 1.29 is 133 Å². The van der Waals surface area contributed by atoms with E-state index >= 15 is 0 Å². The highest BCUT2D eigenvalue weighted by Gasteiger charge is 2.74. The Kier molecular flexibility index (Phi) is 21.6. The zero-order valence-corrected chi connectivity index (χ0v) is 54.6. The van der Waals surface area contributed by atoms with E-state index in [4.69, 9.17) is 52.1 Å². The van der Waals surface area contributed by atoms with Gasteiger partial charge in [-0.2, -0.15) is 0 Å². The summed E-state index contributed by atoms with van der Waals surface area (Å²) in [5, 5.41) is 133. The third kappa shape index (κ3) is 12.3. The third-order valence-corrected chi connectivity index (χ3v) is 23.6. The molecule has 9 rings (SSSR count). The van der Waals surface area contributed by atoms with E-state index in [0.29, 0.717) is 38.5 Å². The molecule has 92 heavy (non-hydrogen) atoms. The maximum absolute atomic E-state index is 14.5. The van der Waals surface area contributed by atoms with Crippen LogP contribution in [0.1, 0.15) is 134 Å². The lowest BCUT2D eigenvalue weighted by molar-refractivity contribution is -0.390. The lowest BCUT2D eigenvalue weighted by atomic mass is 9.33. The molecule has 0 bridgehead atoms. The lowest BCUT2D eigenvalue weighted by Crippen LogP contribution is -2.71. The van der Waals surface area contributed by atoms with Crippen molar-refractivity contribution in [3.8, 4) is 0 Å². The number of aliphatic carboxylic acids is 1. The molecule has 30 unspecified atom stereocenters. The third-order valence-electron chi connectivity index (χ3n) is 23.6. The Morgan fingerprint density at radius 1 is 0.598 bits per heavy atom. The van der Waals surface area contributed by atoms with Crippen LogP contribution in [0.25, 0.3) is 0 Å². The Bertz CT molecular complexity index is 2770. The van der Waals surface area contributed by atoms with Crippen LogP contribution in [0.2, 0.25) is 0 Å². The van der Waals surface area contributed by atoms with Gasteiger partial charge in [0.25, 0.3) is 0 Å². The summed E-state index contributed by atoms with van der Waals surface area (Å²) in [4.78, 5) is 54.5. The minimum atomic E-state index is -1.94. The molecule has 522 valence electrons. The van der Waals surface area contributed by atoms with Crippen LogP contribution < -0.4 is 0 Å². The predicted octanol–water partition coefficient (Wildman–Crippen LogP) is 0.716. The average Bonchev–Trinajstić information content (AvgIpc) is 0.673. The number of hydrogen-bond acceptors (Lipinski definition) is 26. The van der Waals surface area contributed by atoms with Gasteiger partial charge in [0.2, 0.25) is 0 Å². The molecule has 4 saturated carbocycles. The quantitative estimate of drug-likeness (QED) is 0.0314. The number of rotatable bonds is 17. The van der Waals surface area contributed by atoms with Crippen molar-refractivity contribution in [1.82, 2.24) is 0 Å². The second kappa shape index (κ2) is 27.3. The molecule has 8 fully saturated rings. The van der Waals surface area contributed by atoms with Crippen LogP contribution in [-0.2, 0) is 71.3 Å². The molecule has 27 heteroatoms. The maximum atomic E-state index is 14.5. The van der Waals surface area contributed by atoms with E-state index in [1.807, 2.05) is 20.8 Å². The first kappa shape index (κ1) is 72.6. The number of carboxylic acids is 1. The summed E-state index contributed by atoms with van der Waals surface area (Å²) in [5.74, 6) is -4.49. The van der Waals surface area contributed by atoms with E-state index < -0.39 is 217 Å². The van der Waals surface area contributed by atoms with Gasteiger partial charge in [-0.15, -0.1) is 0 Å². The topological polar surface area (TPSA) is 413 Å². The molecule has 4 aliphatic heterocycles. The zero-order chi connectivity index (χ0) is 67.9. The van der Waals surface area contributed by atoms with Gasteiger partial charge in [-0.25, -0.2) is 9.59 Å². The largest absolute Gasteiger partial charge is 0.481 e. The maximum Gasteiger partial charge on any atom is 0.333 e. The highest BCUT2D eigenvalue weighted by Crippen LogP contribution is 2.76. The van der Waals surface area contributed by atoms with E-state index in [-0.39, 0.29) is 42.4 Å². The Labute approximate surface area is 535 Å². The number of allylic oxidation sites excluding steroid dienone is 4. The molecule has 4 saturated heterocycles. The molecule has 0 spiro atoms. The van der Waals surface area contributed by atoms with Gasteiger partial charge in [0, 0.05) is 29.4 Å². The molecule has 0 aromatic heterocycles. The van der Waals surface area contributed by atoms with Crippen molar-refractivity contribution in [2.75, 3.05) is 26.4 Å². The van der Waals surface area contributed by atoms with Crippen LogP contribution in [0, 0.1) is 50.2 Å². The Morgan fingerprint density at radius 2 is 1.17 bits per heavy atom. The summed E-state index contributed by atoms with van der Waals surface area (Å²) in [6.07, 6.45) is -26.4. The van der Waals surface area contributed by atoms with Gasteiger partial charge in [0.05, 0.1) is 38.6 Å². The van der Waals surface area contributed by atoms with Gasteiger partial charge in [-0.3, -0.25) is 9.59 Å². The van der Waals surface area contributed by atoms with Crippen LogP contribution in [0.15, 0.2) is 34.9 Å². The average molecular weight is 1310 g/mol. The molecule has 12 N–H and O–H groups in total. The second-order valence-electron chi connectivity index (χ2n) is 29.0. The molecule has 30 atom stereocenters. The minimum absolute atomic E-state index is 0.0448. The summed E-state index contributed by atoms with van der Waals surface area (Å²) < 4.78 is 67.5. The molecule has 0 aromatic rings. The van der Waals surface area contributed by atoms with Gasteiger partial charge >= 0.3 is 23.9 Å². The fourth-order valence-electron chi connectivity index (χ4n) is 17.8. The predicted molar refractivity (Wildman–Crippen MR) is 316 cm³/mol. The number of esters is 3. The molecule has 5 aliphatic carbocycles. The Morgan fingerprint density at radius 3 is 1.76 bits per heavy atom. The van der Waals surface area contributed by atoms with E-state index in [1.54, 1.807) is 33.8 Å². The molecule has 27 nitrogen and oxygen atoms in total. The summed E-state index contributed by atoms with van der Waals surface area (Å²) in [6, 6.07) is 0. The standard InChI is InChI=1S/C65H100O27/c1-13-28(3)53(78)88-47-30(5)83-56(46(77)48(47)89-54(79)29(4)14-2)92-51-52(84-31(6)69)65(59(80)81)22-21-63(11)32(33(65)23-60(51,7)8)15-16-38-61(9)19-18-39(62(10,27-68)37(61)17-20-64(38,63)12)87-58-50(44(75)42(73)36(25-67)86-58)91-57-49(40(71)34(70)26-82-57)90-55-45(76)43(74)41(72)35(24-66)85-55/h13-15,30,33-52,55-58,66-68,70-77H,16-27H2,1-12H3,(H,80,81)/b28-13-,29-14-. The van der Waals surface area contributed by atoms with Crippen molar-refractivity contribution in [3.63, 3.8) is 0 Å². The molecular formula is C65H100O27. The van der Waals surface area contributed by atoms with Gasteiger partial charge < -0.3 is 113 Å². The number of ether oxygens (including phenoxy) is 11. The Hall–Kier alpha value is -3.66. The molecule has 0 amide bonds. The number of aliphatic hydroxyl groups is 11. The first-order valence-corrected chi connectivity index (χ1v) is 32.4. The highest BCUT2D eigenvalue weighted by atomic mass is 16.8. The second-order valence-corrected chi connectivity index (χ2v) is 29.0. The van der Waals surface area contributed by atoms with E-state index in [1.165, 1.54) is 19.9 Å². The van der Waals surface area contributed by atoms with Crippen molar-refractivity contribution >= 4 is 23.9 Å². The number of carbonyl (C=O) groups is 4. The molecule has 0 radical (unpaired) electrons. The zero-order valence-electron chi connectivity index (χ0n) is 54.6.